The Morgan fingerprint density at radius 1 is 1.35 bits per heavy atom. The van der Waals surface area contributed by atoms with Crippen LogP contribution in [0.2, 0.25) is 0 Å². The molecule has 1 aromatic carbocycles. The molecule has 1 aromatic heterocycles. The van der Waals surface area contributed by atoms with Gasteiger partial charge in [-0.2, -0.15) is 0 Å². The molecular formula is C15H20BrN2O2+. The minimum Gasteiger partial charge on any atom is -0.408 e. The van der Waals surface area contributed by atoms with E-state index in [0.29, 0.717) is 18.3 Å². The van der Waals surface area contributed by atoms with Gasteiger partial charge in [0.2, 0.25) is 0 Å². The molecule has 20 heavy (non-hydrogen) atoms. The molecule has 1 fully saturated rings. The van der Waals surface area contributed by atoms with E-state index in [2.05, 4.69) is 23.0 Å². The normalized spacial score (nSPS) is 18.5. The maximum atomic E-state index is 12.0. The summed E-state index contributed by atoms with van der Waals surface area (Å²) in [4.78, 5) is 13.4. The van der Waals surface area contributed by atoms with Crippen molar-refractivity contribution >= 4 is 27.0 Å². The topological polar surface area (TPSA) is 39.6 Å². The molecule has 0 saturated heterocycles. The maximum absolute atomic E-state index is 12.0. The summed E-state index contributed by atoms with van der Waals surface area (Å²) >= 11 is 3.40. The lowest BCUT2D eigenvalue weighted by Crippen LogP contribution is -3.12. The molecule has 3 rings (SSSR count). The highest BCUT2D eigenvalue weighted by molar-refractivity contribution is 9.10. The van der Waals surface area contributed by atoms with E-state index in [1.54, 1.807) is 4.57 Å². The molecule has 108 valence electrons. The van der Waals surface area contributed by atoms with Gasteiger partial charge in [0.05, 0.1) is 18.6 Å². The Morgan fingerprint density at radius 3 is 2.85 bits per heavy atom. The standard InChI is InChI=1S/C15H19BrN2O2/c1-17(12-5-3-2-4-6-12)10-18-13-8-7-11(16)9-14(13)20-15(18)19/h7-9,12H,2-6,10H2,1H3/p+1. The Hall–Kier alpha value is -1.07. The number of nitrogens with one attached hydrogen (secondary N) is 1. The molecule has 1 unspecified atom stereocenters. The van der Waals surface area contributed by atoms with E-state index in [9.17, 15) is 4.79 Å². The highest BCUT2D eigenvalue weighted by Gasteiger charge is 2.23. The molecule has 4 nitrogen and oxygen atoms in total. The summed E-state index contributed by atoms with van der Waals surface area (Å²) in [5.74, 6) is -0.256. The number of hydrogen-bond donors (Lipinski definition) is 1. The van der Waals surface area contributed by atoms with Crippen LogP contribution in [-0.2, 0) is 6.67 Å². The second kappa shape index (κ2) is 5.74. The molecule has 1 aliphatic rings. The van der Waals surface area contributed by atoms with Gasteiger partial charge < -0.3 is 9.32 Å². The molecule has 0 spiro atoms. The van der Waals surface area contributed by atoms with Crippen molar-refractivity contribution in [2.75, 3.05) is 7.05 Å². The Labute approximate surface area is 126 Å². The summed E-state index contributed by atoms with van der Waals surface area (Å²) in [5, 5.41) is 0. The number of halogens is 1. The Balaban J connectivity index is 1.86. The van der Waals surface area contributed by atoms with Crippen LogP contribution in [0.5, 0.6) is 0 Å². The van der Waals surface area contributed by atoms with Gasteiger partial charge in [0.25, 0.3) is 0 Å². The van der Waals surface area contributed by atoms with E-state index < -0.39 is 0 Å². The first kappa shape index (κ1) is 13.9. The zero-order valence-corrected chi connectivity index (χ0v) is 13.3. The minimum atomic E-state index is -0.256. The zero-order valence-electron chi connectivity index (χ0n) is 11.7. The number of quaternary nitrogens is 1. The van der Waals surface area contributed by atoms with Crippen LogP contribution in [0.3, 0.4) is 0 Å². The summed E-state index contributed by atoms with van der Waals surface area (Å²) in [6, 6.07) is 6.40. The SMILES string of the molecule is C[NH+](Cn1c(=O)oc2cc(Br)ccc21)C1CCCCC1. The van der Waals surface area contributed by atoms with Crippen LogP contribution in [0.15, 0.2) is 31.9 Å². The lowest BCUT2D eigenvalue weighted by molar-refractivity contribution is -0.929. The van der Waals surface area contributed by atoms with Crippen LogP contribution in [0, 0.1) is 0 Å². The van der Waals surface area contributed by atoms with E-state index >= 15 is 0 Å². The third kappa shape index (κ3) is 2.69. The molecule has 1 saturated carbocycles. The quantitative estimate of drug-likeness (QED) is 0.930. The van der Waals surface area contributed by atoms with Gasteiger partial charge in [0.1, 0.15) is 0 Å². The predicted molar refractivity (Wildman–Crippen MR) is 81.9 cm³/mol. The summed E-state index contributed by atoms with van der Waals surface area (Å²) in [6.07, 6.45) is 6.52. The molecule has 0 aliphatic heterocycles. The number of benzene rings is 1. The first-order valence-electron chi connectivity index (χ1n) is 7.26. The van der Waals surface area contributed by atoms with E-state index in [-0.39, 0.29) is 5.76 Å². The third-order valence-corrected chi connectivity index (χ3v) is 4.83. The number of rotatable bonds is 3. The number of nitrogens with zero attached hydrogens (tertiary/aromatic N) is 1. The highest BCUT2D eigenvalue weighted by atomic mass is 79.9. The second-order valence-corrected chi connectivity index (χ2v) is 6.66. The third-order valence-electron chi connectivity index (χ3n) is 4.34. The molecule has 1 N–H and O–H groups in total. The van der Waals surface area contributed by atoms with Crippen molar-refractivity contribution in [3.8, 4) is 0 Å². The van der Waals surface area contributed by atoms with E-state index in [1.165, 1.54) is 37.0 Å². The number of oxazole rings is 1. The molecule has 0 amide bonds. The van der Waals surface area contributed by atoms with E-state index in [0.717, 1.165) is 9.99 Å². The second-order valence-electron chi connectivity index (χ2n) is 5.75. The van der Waals surface area contributed by atoms with Crippen LogP contribution in [0.4, 0.5) is 0 Å². The largest absolute Gasteiger partial charge is 0.424 e. The highest BCUT2D eigenvalue weighted by Crippen LogP contribution is 2.19. The van der Waals surface area contributed by atoms with Crippen molar-refractivity contribution in [3.05, 3.63) is 33.2 Å². The smallest absolute Gasteiger partial charge is 0.408 e. The van der Waals surface area contributed by atoms with Crippen LogP contribution in [-0.4, -0.2) is 17.7 Å². The van der Waals surface area contributed by atoms with Gasteiger partial charge in [-0.3, -0.25) is 0 Å². The lowest BCUT2D eigenvalue weighted by atomic mass is 9.95. The molecule has 2 aromatic rings. The molecular weight excluding hydrogens is 320 g/mol. The maximum Gasteiger partial charge on any atom is 0.424 e. The van der Waals surface area contributed by atoms with Crippen molar-refractivity contribution < 1.29 is 9.32 Å². The minimum absolute atomic E-state index is 0.256. The van der Waals surface area contributed by atoms with Crippen molar-refractivity contribution in [3.63, 3.8) is 0 Å². The van der Waals surface area contributed by atoms with Crippen LogP contribution in [0.1, 0.15) is 32.1 Å². The molecule has 1 aliphatic carbocycles. The number of aromatic nitrogens is 1. The fourth-order valence-electron chi connectivity index (χ4n) is 3.16. The summed E-state index contributed by atoms with van der Waals surface area (Å²) in [6.45, 7) is 0.679. The van der Waals surface area contributed by atoms with Gasteiger partial charge in [0.15, 0.2) is 12.3 Å². The summed E-state index contributed by atoms with van der Waals surface area (Å²) in [7, 11) is 2.18. The molecule has 1 heterocycles. The fraction of sp³-hybridized carbons (Fsp3) is 0.533. The summed E-state index contributed by atoms with van der Waals surface area (Å²) in [5.41, 5.74) is 1.54. The number of fused-ring (bicyclic) bond motifs is 1. The van der Waals surface area contributed by atoms with Crippen LogP contribution >= 0.6 is 15.9 Å². The van der Waals surface area contributed by atoms with Gasteiger partial charge in [0, 0.05) is 4.47 Å². The first-order valence-corrected chi connectivity index (χ1v) is 8.05. The van der Waals surface area contributed by atoms with Crippen molar-refractivity contribution in [2.45, 2.75) is 44.8 Å². The van der Waals surface area contributed by atoms with E-state index in [4.69, 9.17) is 4.42 Å². The Bertz CT molecular complexity index is 655. The van der Waals surface area contributed by atoms with Crippen molar-refractivity contribution in [1.29, 1.82) is 0 Å². The lowest BCUT2D eigenvalue weighted by Gasteiger charge is -2.28. The fourth-order valence-corrected chi connectivity index (χ4v) is 3.50. The molecule has 0 bridgehead atoms. The Kier molecular flexibility index (Phi) is 3.98. The van der Waals surface area contributed by atoms with E-state index in [1.807, 2.05) is 18.2 Å². The monoisotopic (exact) mass is 339 g/mol. The van der Waals surface area contributed by atoms with Crippen LogP contribution in [0.25, 0.3) is 11.1 Å². The van der Waals surface area contributed by atoms with Gasteiger partial charge >= 0.3 is 5.76 Å². The first-order chi connectivity index (χ1) is 9.65. The molecule has 1 atom stereocenters. The van der Waals surface area contributed by atoms with Gasteiger partial charge in [-0.25, -0.2) is 9.36 Å². The average molecular weight is 340 g/mol. The van der Waals surface area contributed by atoms with Gasteiger partial charge in [-0.1, -0.05) is 22.4 Å². The summed E-state index contributed by atoms with van der Waals surface area (Å²) < 4.78 is 8.02. The van der Waals surface area contributed by atoms with Crippen molar-refractivity contribution in [2.24, 2.45) is 0 Å². The predicted octanol–water partition coefficient (Wildman–Crippen LogP) is 2.16. The van der Waals surface area contributed by atoms with Crippen molar-refractivity contribution in [1.82, 2.24) is 4.57 Å². The number of hydrogen-bond acceptors (Lipinski definition) is 2. The molecule has 5 heteroatoms. The van der Waals surface area contributed by atoms with Crippen LogP contribution < -0.4 is 10.7 Å². The Morgan fingerprint density at radius 2 is 2.10 bits per heavy atom. The average Bonchev–Trinajstić information content (AvgIpc) is 2.75. The van der Waals surface area contributed by atoms with Gasteiger partial charge in [-0.15, -0.1) is 0 Å². The zero-order chi connectivity index (χ0) is 14.1. The van der Waals surface area contributed by atoms with Gasteiger partial charge in [-0.05, 0) is 43.9 Å². The molecule has 0 radical (unpaired) electrons.